The average molecular weight is 266 g/mol. The predicted molar refractivity (Wildman–Crippen MR) is 51.9 cm³/mol. The van der Waals surface area contributed by atoms with Crippen LogP contribution in [0.3, 0.4) is 0 Å². The molecule has 0 unspecified atom stereocenters. The summed E-state index contributed by atoms with van der Waals surface area (Å²) in [7, 11) is 0. The van der Waals surface area contributed by atoms with Gasteiger partial charge in [0.05, 0.1) is 23.7 Å². The van der Waals surface area contributed by atoms with E-state index in [4.69, 9.17) is 14.7 Å². The standard InChI is InChI=1S/C8H12BrNO4/c9-3-6-1-5(10-14-6)2-7(12)8(13)4-11/h1,7-8,11-13H,2-4H2/t7-,8+/m0/s1. The third-order valence-corrected chi connectivity index (χ3v) is 2.34. The number of hydrogen-bond donors (Lipinski definition) is 3. The van der Waals surface area contributed by atoms with E-state index in [1.54, 1.807) is 6.07 Å². The molecule has 0 aliphatic heterocycles. The van der Waals surface area contributed by atoms with Crippen molar-refractivity contribution in [1.29, 1.82) is 0 Å². The average Bonchev–Trinajstić information content (AvgIpc) is 2.64. The van der Waals surface area contributed by atoms with Crippen molar-refractivity contribution >= 4 is 15.9 Å². The molecule has 14 heavy (non-hydrogen) atoms. The van der Waals surface area contributed by atoms with Gasteiger partial charge in [0.2, 0.25) is 0 Å². The number of aliphatic hydroxyl groups is 3. The fourth-order valence-electron chi connectivity index (χ4n) is 0.987. The van der Waals surface area contributed by atoms with E-state index in [0.29, 0.717) is 16.8 Å². The molecule has 0 aliphatic carbocycles. The molecule has 0 saturated carbocycles. The Labute approximate surface area is 89.5 Å². The van der Waals surface area contributed by atoms with Crippen LogP contribution in [0.4, 0.5) is 0 Å². The number of nitrogens with zero attached hydrogens (tertiary/aromatic N) is 1. The highest BCUT2D eigenvalue weighted by Crippen LogP contribution is 2.10. The summed E-state index contributed by atoms with van der Waals surface area (Å²) in [4.78, 5) is 0. The van der Waals surface area contributed by atoms with Crippen molar-refractivity contribution < 1.29 is 19.8 Å². The van der Waals surface area contributed by atoms with Gasteiger partial charge in [-0.3, -0.25) is 0 Å². The molecular formula is C8H12BrNO4. The zero-order valence-electron chi connectivity index (χ0n) is 7.43. The van der Waals surface area contributed by atoms with E-state index in [2.05, 4.69) is 21.1 Å². The molecule has 0 saturated heterocycles. The second kappa shape index (κ2) is 5.45. The molecule has 0 aliphatic rings. The minimum Gasteiger partial charge on any atom is -0.394 e. The summed E-state index contributed by atoms with van der Waals surface area (Å²) in [5, 5.41) is 31.2. The van der Waals surface area contributed by atoms with E-state index in [-0.39, 0.29) is 6.42 Å². The maximum atomic E-state index is 9.35. The number of aliphatic hydroxyl groups excluding tert-OH is 3. The molecule has 0 amide bonds. The van der Waals surface area contributed by atoms with Crippen molar-refractivity contribution in [3.05, 3.63) is 17.5 Å². The topological polar surface area (TPSA) is 86.7 Å². The lowest BCUT2D eigenvalue weighted by atomic mass is 10.1. The summed E-state index contributed by atoms with van der Waals surface area (Å²) in [5.74, 6) is 0.658. The summed E-state index contributed by atoms with van der Waals surface area (Å²) in [5.41, 5.74) is 0.555. The minimum absolute atomic E-state index is 0.165. The molecule has 0 radical (unpaired) electrons. The van der Waals surface area contributed by atoms with Crippen molar-refractivity contribution in [3.8, 4) is 0 Å². The van der Waals surface area contributed by atoms with Gasteiger partial charge in [-0.2, -0.15) is 0 Å². The Morgan fingerprint density at radius 2 is 2.14 bits per heavy atom. The third-order valence-electron chi connectivity index (χ3n) is 1.79. The Kier molecular flexibility index (Phi) is 4.53. The molecule has 0 bridgehead atoms. The highest BCUT2D eigenvalue weighted by atomic mass is 79.9. The van der Waals surface area contributed by atoms with Gasteiger partial charge in [-0.1, -0.05) is 21.1 Å². The van der Waals surface area contributed by atoms with E-state index in [1.807, 2.05) is 0 Å². The summed E-state index contributed by atoms with van der Waals surface area (Å²) in [6.45, 7) is -0.468. The molecule has 0 aromatic carbocycles. The van der Waals surface area contributed by atoms with Crippen LogP contribution in [0, 0.1) is 0 Å². The van der Waals surface area contributed by atoms with Crippen molar-refractivity contribution in [2.75, 3.05) is 6.61 Å². The highest BCUT2D eigenvalue weighted by Gasteiger charge is 2.17. The first kappa shape index (κ1) is 11.6. The van der Waals surface area contributed by atoms with Gasteiger partial charge >= 0.3 is 0 Å². The van der Waals surface area contributed by atoms with Crippen LogP contribution in [0.5, 0.6) is 0 Å². The smallest absolute Gasteiger partial charge is 0.147 e. The third kappa shape index (κ3) is 3.06. The number of aromatic nitrogens is 1. The molecule has 0 spiro atoms. The van der Waals surface area contributed by atoms with Gasteiger partial charge in [-0.15, -0.1) is 0 Å². The van der Waals surface area contributed by atoms with Gasteiger partial charge in [-0.25, -0.2) is 0 Å². The van der Waals surface area contributed by atoms with Crippen LogP contribution >= 0.6 is 15.9 Å². The molecule has 1 rings (SSSR count). The van der Waals surface area contributed by atoms with Gasteiger partial charge in [-0.05, 0) is 0 Å². The quantitative estimate of drug-likeness (QED) is 0.644. The Morgan fingerprint density at radius 3 is 2.64 bits per heavy atom. The summed E-state index contributed by atoms with van der Waals surface area (Å²) in [6, 6.07) is 1.68. The number of alkyl halides is 1. The van der Waals surface area contributed by atoms with Crippen LogP contribution in [0.1, 0.15) is 11.5 Å². The van der Waals surface area contributed by atoms with Gasteiger partial charge in [0, 0.05) is 12.5 Å². The Bertz CT molecular complexity index is 278. The lowest BCUT2D eigenvalue weighted by Crippen LogP contribution is -2.31. The molecule has 0 fully saturated rings. The second-order valence-corrected chi connectivity index (χ2v) is 3.50. The molecule has 80 valence electrons. The molecular weight excluding hydrogens is 254 g/mol. The maximum Gasteiger partial charge on any atom is 0.147 e. The largest absolute Gasteiger partial charge is 0.394 e. The predicted octanol–water partition coefficient (Wildman–Crippen LogP) is -0.174. The van der Waals surface area contributed by atoms with Crippen LogP contribution in [-0.2, 0) is 11.8 Å². The van der Waals surface area contributed by atoms with Gasteiger partial charge in [0.1, 0.15) is 11.9 Å². The van der Waals surface area contributed by atoms with Gasteiger partial charge < -0.3 is 19.8 Å². The lowest BCUT2D eigenvalue weighted by molar-refractivity contribution is -0.0139. The normalized spacial score (nSPS) is 15.4. The number of hydrogen-bond acceptors (Lipinski definition) is 5. The first-order valence-corrected chi connectivity index (χ1v) is 5.27. The van der Waals surface area contributed by atoms with E-state index < -0.39 is 18.8 Å². The first-order chi connectivity index (χ1) is 6.67. The molecule has 1 aromatic heterocycles. The Hall–Kier alpha value is -0.430. The van der Waals surface area contributed by atoms with Crippen LogP contribution in [0.25, 0.3) is 0 Å². The SMILES string of the molecule is OC[C@@H](O)[C@@H](O)Cc1cc(CBr)on1. The second-order valence-electron chi connectivity index (χ2n) is 2.94. The highest BCUT2D eigenvalue weighted by molar-refractivity contribution is 9.08. The van der Waals surface area contributed by atoms with Crippen LogP contribution in [0.15, 0.2) is 10.6 Å². The van der Waals surface area contributed by atoms with Crippen LogP contribution in [-0.4, -0.2) is 39.3 Å². The minimum atomic E-state index is -1.14. The van der Waals surface area contributed by atoms with Crippen molar-refractivity contribution in [2.45, 2.75) is 24.0 Å². The van der Waals surface area contributed by atoms with Crippen molar-refractivity contribution in [2.24, 2.45) is 0 Å². The molecule has 2 atom stereocenters. The molecule has 5 nitrogen and oxygen atoms in total. The summed E-state index contributed by atoms with van der Waals surface area (Å²) < 4.78 is 4.88. The first-order valence-electron chi connectivity index (χ1n) is 4.14. The molecule has 6 heteroatoms. The van der Waals surface area contributed by atoms with Gasteiger partial charge in [0.15, 0.2) is 0 Å². The number of halogens is 1. The summed E-state index contributed by atoms with van der Waals surface area (Å²) in [6.07, 6.45) is -1.99. The summed E-state index contributed by atoms with van der Waals surface area (Å²) >= 11 is 3.19. The molecule has 1 aromatic rings. The Balaban J connectivity index is 2.51. The van der Waals surface area contributed by atoms with Crippen molar-refractivity contribution in [3.63, 3.8) is 0 Å². The van der Waals surface area contributed by atoms with E-state index in [9.17, 15) is 5.11 Å². The molecule has 1 heterocycles. The zero-order valence-corrected chi connectivity index (χ0v) is 9.01. The van der Waals surface area contributed by atoms with E-state index in [0.717, 1.165) is 0 Å². The molecule has 3 N–H and O–H groups in total. The van der Waals surface area contributed by atoms with Gasteiger partial charge in [0.25, 0.3) is 0 Å². The maximum absolute atomic E-state index is 9.35. The van der Waals surface area contributed by atoms with Crippen molar-refractivity contribution in [1.82, 2.24) is 5.16 Å². The fourth-order valence-corrected chi connectivity index (χ4v) is 1.25. The Morgan fingerprint density at radius 1 is 1.43 bits per heavy atom. The lowest BCUT2D eigenvalue weighted by Gasteiger charge is -2.13. The van der Waals surface area contributed by atoms with Crippen LogP contribution < -0.4 is 0 Å². The van der Waals surface area contributed by atoms with E-state index >= 15 is 0 Å². The fraction of sp³-hybridized carbons (Fsp3) is 0.625. The monoisotopic (exact) mass is 265 g/mol. The number of rotatable bonds is 5. The van der Waals surface area contributed by atoms with E-state index in [1.165, 1.54) is 0 Å². The zero-order chi connectivity index (χ0) is 10.6. The van der Waals surface area contributed by atoms with Crippen LogP contribution in [0.2, 0.25) is 0 Å².